The van der Waals surface area contributed by atoms with Crippen LogP contribution in [-0.2, 0) is 5.88 Å². The molecule has 78 valence electrons. The Labute approximate surface area is 83.7 Å². The lowest BCUT2D eigenvalue weighted by molar-refractivity contribution is 0.146. The van der Waals surface area contributed by atoms with Gasteiger partial charge in [-0.3, -0.25) is 4.79 Å². The van der Waals surface area contributed by atoms with Crippen LogP contribution in [0, 0.1) is 0 Å². The molecule has 0 aromatic carbocycles. The number of ether oxygens (including phenoxy) is 1. The Bertz CT molecular complexity index is 378. The molecule has 0 amide bonds. The van der Waals surface area contributed by atoms with Crippen molar-refractivity contribution < 1.29 is 13.5 Å². The van der Waals surface area contributed by atoms with Crippen molar-refractivity contribution >= 4 is 11.6 Å². The van der Waals surface area contributed by atoms with E-state index in [9.17, 15) is 13.6 Å². The number of H-pyrrole nitrogens is 1. The van der Waals surface area contributed by atoms with Crippen molar-refractivity contribution in [2.24, 2.45) is 0 Å². The Kier molecular flexibility index (Phi) is 3.46. The molecule has 0 aliphatic rings. The molecule has 0 bridgehead atoms. The van der Waals surface area contributed by atoms with Gasteiger partial charge in [-0.25, -0.2) is 8.78 Å². The molecule has 14 heavy (non-hydrogen) atoms. The van der Waals surface area contributed by atoms with Crippen LogP contribution in [0.3, 0.4) is 0 Å². The molecule has 0 saturated heterocycles. The number of rotatable bonds is 3. The molecule has 6 heteroatoms. The maximum Gasteiger partial charge on any atom is 0.291 e. The molecule has 0 spiro atoms. The molecule has 3 nitrogen and oxygen atoms in total. The van der Waals surface area contributed by atoms with Crippen molar-refractivity contribution in [1.29, 1.82) is 0 Å². The Morgan fingerprint density at radius 3 is 2.71 bits per heavy atom. The van der Waals surface area contributed by atoms with Crippen molar-refractivity contribution in [1.82, 2.24) is 4.98 Å². The van der Waals surface area contributed by atoms with Gasteiger partial charge >= 0.3 is 0 Å². The Morgan fingerprint density at radius 1 is 1.64 bits per heavy atom. The van der Waals surface area contributed by atoms with E-state index < -0.39 is 17.5 Å². The average Bonchev–Trinajstić information content (AvgIpc) is 2.16. The van der Waals surface area contributed by atoms with E-state index in [1.54, 1.807) is 0 Å². The van der Waals surface area contributed by atoms with Gasteiger partial charge in [0, 0.05) is 5.69 Å². The first-order valence-electron chi connectivity index (χ1n) is 3.74. The lowest BCUT2D eigenvalue weighted by Gasteiger charge is -2.07. The second-order valence-corrected chi connectivity index (χ2v) is 2.81. The van der Waals surface area contributed by atoms with Crippen LogP contribution in [0.25, 0.3) is 0 Å². The van der Waals surface area contributed by atoms with E-state index in [0.717, 1.165) is 13.2 Å². The van der Waals surface area contributed by atoms with E-state index in [1.165, 1.54) is 0 Å². The SMILES string of the molecule is COc1c(C(F)F)cc(CCl)[nH]c1=O. The minimum Gasteiger partial charge on any atom is -0.491 e. The van der Waals surface area contributed by atoms with Crippen molar-refractivity contribution in [3.05, 3.63) is 27.7 Å². The fraction of sp³-hybridized carbons (Fsp3) is 0.375. The third-order valence-electron chi connectivity index (χ3n) is 1.66. The number of methoxy groups -OCH3 is 1. The largest absolute Gasteiger partial charge is 0.491 e. The van der Waals surface area contributed by atoms with Crippen molar-refractivity contribution in [2.45, 2.75) is 12.3 Å². The highest BCUT2D eigenvalue weighted by atomic mass is 35.5. The molecule has 0 unspecified atom stereocenters. The van der Waals surface area contributed by atoms with Gasteiger partial charge in [-0.1, -0.05) is 0 Å². The average molecular weight is 224 g/mol. The molecule has 1 rings (SSSR count). The first-order chi connectivity index (χ1) is 6.60. The van der Waals surface area contributed by atoms with Gasteiger partial charge in [0.05, 0.1) is 18.6 Å². The Hall–Kier alpha value is -1.10. The van der Waals surface area contributed by atoms with Crippen LogP contribution in [0.1, 0.15) is 17.7 Å². The van der Waals surface area contributed by atoms with Crippen LogP contribution in [0.5, 0.6) is 5.75 Å². The molecule has 0 aliphatic heterocycles. The van der Waals surface area contributed by atoms with E-state index in [1.807, 2.05) is 0 Å². The highest BCUT2D eigenvalue weighted by Crippen LogP contribution is 2.26. The molecule has 0 aliphatic carbocycles. The number of nitrogens with one attached hydrogen (secondary N) is 1. The fourth-order valence-electron chi connectivity index (χ4n) is 1.07. The maximum atomic E-state index is 12.4. The first kappa shape index (κ1) is 11.0. The molecule has 1 aromatic heterocycles. The summed E-state index contributed by atoms with van der Waals surface area (Å²) >= 11 is 5.42. The maximum absolute atomic E-state index is 12.4. The molecular formula is C8H8ClF2NO2. The summed E-state index contributed by atoms with van der Waals surface area (Å²) in [7, 11) is 1.16. The van der Waals surface area contributed by atoms with Crippen LogP contribution in [0.4, 0.5) is 8.78 Å². The van der Waals surface area contributed by atoms with E-state index in [-0.39, 0.29) is 17.3 Å². The summed E-state index contributed by atoms with van der Waals surface area (Å²) in [6.45, 7) is 0. The number of aromatic nitrogens is 1. The van der Waals surface area contributed by atoms with E-state index >= 15 is 0 Å². The predicted octanol–water partition coefficient (Wildman–Crippen LogP) is 2.06. The van der Waals surface area contributed by atoms with Gasteiger partial charge in [0.15, 0.2) is 5.75 Å². The summed E-state index contributed by atoms with van der Waals surface area (Å²) in [5.74, 6) is -0.396. The van der Waals surface area contributed by atoms with E-state index in [2.05, 4.69) is 9.72 Å². The second-order valence-electron chi connectivity index (χ2n) is 2.55. The third kappa shape index (κ3) is 2.04. The smallest absolute Gasteiger partial charge is 0.291 e. The van der Waals surface area contributed by atoms with Crippen LogP contribution in [0.2, 0.25) is 0 Å². The molecule has 1 N–H and O–H groups in total. The molecule has 0 fully saturated rings. The molecule has 1 heterocycles. The first-order valence-corrected chi connectivity index (χ1v) is 4.27. The van der Waals surface area contributed by atoms with Gasteiger partial charge in [0.2, 0.25) is 0 Å². The minimum absolute atomic E-state index is 0.0288. The summed E-state index contributed by atoms with van der Waals surface area (Å²) in [6, 6.07) is 1.12. The standard InChI is InChI=1S/C8H8ClF2NO2/c1-14-6-5(7(10)11)2-4(3-9)12-8(6)13/h2,7H,3H2,1H3,(H,12,13). The summed E-state index contributed by atoms with van der Waals surface area (Å²) in [6.07, 6.45) is -2.76. The third-order valence-corrected chi connectivity index (χ3v) is 1.94. The number of halogens is 3. The van der Waals surface area contributed by atoms with Crippen LogP contribution in [-0.4, -0.2) is 12.1 Å². The lowest BCUT2D eigenvalue weighted by Crippen LogP contribution is -2.14. The summed E-state index contributed by atoms with van der Waals surface area (Å²) in [4.78, 5) is 13.5. The summed E-state index contributed by atoms with van der Waals surface area (Å²) in [5, 5.41) is 0. The van der Waals surface area contributed by atoms with Crippen molar-refractivity contribution in [3.8, 4) is 5.75 Å². The monoisotopic (exact) mass is 223 g/mol. The van der Waals surface area contributed by atoms with Gasteiger partial charge in [-0.15, -0.1) is 11.6 Å². The zero-order chi connectivity index (χ0) is 10.7. The van der Waals surface area contributed by atoms with Gasteiger partial charge in [-0.05, 0) is 6.07 Å². The van der Waals surface area contributed by atoms with E-state index in [4.69, 9.17) is 11.6 Å². The molecule has 0 atom stereocenters. The zero-order valence-electron chi connectivity index (χ0n) is 7.31. The van der Waals surface area contributed by atoms with Crippen molar-refractivity contribution in [2.75, 3.05) is 7.11 Å². The quantitative estimate of drug-likeness (QED) is 0.797. The predicted molar refractivity (Wildman–Crippen MR) is 48.1 cm³/mol. The van der Waals surface area contributed by atoms with Gasteiger partial charge in [-0.2, -0.15) is 0 Å². The Morgan fingerprint density at radius 2 is 2.29 bits per heavy atom. The molecule has 0 radical (unpaired) electrons. The Balaban J connectivity index is 3.36. The van der Waals surface area contributed by atoms with Crippen LogP contribution >= 0.6 is 11.6 Å². The van der Waals surface area contributed by atoms with Crippen LogP contribution < -0.4 is 10.3 Å². The van der Waals surface area contributed by atoms with E-state index in [0.29, 0.717) is 0 Å². The number of pyridine rings is 1. The number of hydrogen-bond donors (Lipinski definition) is 1. The van der Waals surface area contributed by atoms with Crippen molar-refractivity contribution in [3.63, 3.8) is 0 Å². The minimum atomic E-state index is -2.76. The van der Waals surface area contributed by atoms with Crippen LogP contribution in [0.15, 0.2) is 10.9 Å². The van der Waals surface area contributed by atoms with Gasteiger partial charge < -0.3 is 9.72 Å². The highest BCUT2D eigenvalue weighted by Gasteiger charge is 2.17. The number of hydrogen-bond acceptors (Lipinski definition) is 2. The zero-order valence-corrected chi connectivity index (χ0v) is 8.07. The normalized spacial score (nSPS) is 10.6. The molecule has 1 aromatic rings. The van der Waals surface area contributed by atoms with Gasteiger partial charge in [0.25, 0.3) is 12.0 Å². The topological polar surface area (TPSA) is 42.1 Å². The van der Waals surface area contributed by atoms with Gasteiger partial charge in [0.1, 0.15) is 0 Å². The summed E-state index contributed by atoms with van der Waals surface area (Å²) in [5.41, 5.74) is -0.888. The fourth-order valence-corrected chi connectivity index (χ4v) is 1.21. The second kappa shape index (κ2) is 4.41. The molecular weight excluding hydrogens is 216 g/mol. The lowest BCUT2D eigenvalue weighted by atomic mass is 10.2. The number of aromatic amines is 1. The number of alkyl halides is 3. The summed E-state index contributed by atoms with van der Waals surface area (Å²) < 4.78 is 29.4. The highest BCUT2D eigenvalue weighted by molar-refractivity contribution is 6.16. The molecule has 0 saturated carbocycles.